The van der Waals surface area contributed by atoms with Crippen molar-refractivity contribution in [3.05, 3.63) is 44.0 Å². The maximum Gasteiger partial charge on any atom is 0.362 e. The Labute approximate surface area is 272 Å². The lowest BCUT2D eigenvalue weighted by atomic mass is 10.1. The van der Waals surface area contributed by atoms with Crippen LogP contribution in [0.1, 0.15) is 26.5 Å². The molecule has 0 aliphatic carbocycles. The molecule has 4 rings (SSSR count). The zero-order valence-electron chi connectivity index (χ0n) is 25.2. The van der Waals surface area contributed by atoms with Gasteiger partial charge in [-0.15, -0.1) is 16.4 Å². The first-order valence-corrected chi connectivity index (χ1v) is 15.9. The SMILES string of the molecule is CCOCCn1c(-c2cc(=O)c(O)c[nH]2)nn(S(=O)(=O)NC(=O)N2C[C@H](NC(=O)/C(=N\OC(C)(C)C(=O)O)c3csc(N)n3)C2=O)c1=O. The molecular weight excluding hydrogens is 684 g/mol. The number of urea groups is 1. The number of anilines is 1. The molecule has 22 nitrogen and oxygen atoms in total. The average molecular weight is 713 g/mol. The second-order valence-electron chi connectivity index (χ2n) is 10.2. The lowest BCUT2D eigenvalue weighted by molar-refractivity contribution is -0.161. The highest BCUT2D eigenvalue weighted by Crippen LogP contribution is 2.17. The molecule has 0 unspecified atom stereocenters. The average Bonchev–Trinajstić information content (AvgIpc) is 3.59. The van der Waals surface area contributed by atoms with Crippen LogP contribution in [0.15, 0.2) is 32.4 Å². The van der Waals surface area contributed by atoms with Crippen LogP contribution >= 0.6 is 11.3 Å². The van der Waals surface area contributed by atoms with Crippen LogP contribution in [-0.4, -0.2) is 108 Å². The van der Waals surface area contributed by atoms with Gasteiger partial charge in [-0.1, -0.05) is 9.24 Å². The predicted octanol–water partition coefficient (Wildman–Crippen LogP) is -2.41. The summed E-state index contributed by atoms with van der Waals surface area (Å²) in [6.45, 7) is 3.45. The number of aromatic amines is 1. The van der Waals surface area contributed by atoms with E-state index in [-0.39, 0.29) is 46.2 Å². The largest absolute Gasteiger partial charge is 0.503 e. The van der Waals surface area contributed by atoms with Gasteiger partial charge in [0.05, 0.1) is 25.4 Å². The number of nitrogens with two attached hydrogens (primary N) is 1. The summed E-state index contributed by atoms with van der Waals surface area (Å²) in [5, 5.41) is 29.8. The second kappa shape index (κ2) is 13.6. The first-order chi connectivity index (χ1) is 22.5. The number of imide groups is 1. The quantitative estimate of drug-likeness (QED) is 0.0465. The number of β-lactam (4-membered cyclic amide) rings is 1. The molecule has 3 aromatic rings. The molecule has 258 valence electrons. The smallest absolute Gasteiger partial charge is 0.362 e. The summed E-state index contributed by atoms with van der Waals surface area (Å²) < 4.78 is 33.7. The van der Waals surface area contributed by atoms with Crippen molar-refractivity contribution in [2.75, 3.05) is 25.5 Å². The van der Waals surface area contributed by atoms with Crippen molar-refractivity contribution in [1.29, 1.82) is 0 Å². The maximum atomic E-state index is 13.1. The van der Waals surface area contributed by atoms with E-state index in [1.165, 1.54) is 5.38 Å². The van der Waals surface area contributed by atoms with Crippen LogP contribution in [0, 0.1) is 0 Å². The van der Waals surface area contributed by atoms with Crippen LogP contribution in [-0.2, 0) is 40.7 Å². The number of hydrogen-bond acceptors (Lipinski definition) is 16. The molecule has 1 atom stereocenters. The number of thiazole rings is 1. The first-order valence-electron chi connectivity index (χ1n) is 13.6. The Kier molecular flexibility index (Phi) is 10.00. The molecule has 4 amide bonds. The molecule has 1 aliphatic rings. The second-order valence-corrected chi connectivity index (χ2v) is 12.6. The highest BCUT2D eigenvalue weighted by Gasteiger charge is 2.44. The molecule has 24 heteroatoms. The number of amides is 4. The van der Waals surface area contributed by atoms with Gasteiger partial charge in [0.2, 0.25) is 11.0 Å². The fourth-order valence-corrected chi connectivity index (χ4v) is 5.23. The number of aliphatic carboxylic acids is 1. The first kappa shape index (κ1) is 35.2. The minimum absolute atomic E-state index is 0.0356. The Morgan fingerprint density at radius 3 is 2.56 bits per heavy atom. The van der Waals surface area contributed by atoms with E-state index in [2.05, 4.69) is 25.5 Å². The summed E-state index contributed by atoms with van der Waals surface area (Å²) in [5.74, 6) is -4.52. The standard InChI is InChI=1S/C24H28N10O12S2/c1-4-45-6-5-32-17(11-7-14(35)15(36)8-26-11)29-34(23(32)42)48(43,44)31-22(41)33-9-12(19(33)38)27-18(37)16(13-10-47-21(25)28-13)30-46-24(2,3)20(39)40/h7-8,10,12,36H,4-6,9H2,1-3H3,(H2,25,28)(H,26,35)(H,27,37)(H,31,41)(H,39,40)/b30-16-/t12-/m0/s1. The van der Waals surface area contributed by atoms with Crippen molar-refractivity contribution in [2.45, 2.75) is 39.0 Å². The molecular formula is C24H28N10O12S2. The number of aromatic nitrogens is 5. The molecule has 3 aromatic heterocycles. The molecule has 1 saturated heterocycles. The van der Waals surface area contributed by atoms with E-state index in [9.17, 15) is 47.4 Å². The van der Waals surface area contributed by atoms with Gasteiger partial charge in [-0.25, -0.2) is 24.1 Å². The molecule has 4 heterocycles. The highest BCUT2D eigenvalue weighted by atomic mass is 32.2. The fraction of sp³-hybridized carbons (Fsp3) is 0.375. The maximum absolute atomic E-state index is 13.1. The van der Waals surface area contributed by atoms with Gasteiger partial charge in [-0.05, 0) is 20.8 Å². The van der Waals surface area contributed by atoms with Crippen molar-refractivity contribution >= 4 is 56.2 Å². The van der Waals surface area contributed by atoms with Crippen LogP contribution in [0.4, 0.5) is 9.93 Å². The van der Waals surface area contributed by atoms with Gasteiger partial charge in [0.15, 0.2) is 22.4 Å². The number of oxime groups is 1. The molecule has 48 heavy (non-hydrogen) atoms. The number of H-pyrrole nitrogens is 1. The van der Waals surface area contributed by atoms with Crippen LogP contribution in [0.3, 0.4) is 0 Å². The summed E-state index contributed by atoms with van der Waals surface area (Å²) >= 11 is 0.931. The van der Waals surface area contributed by atoms with E-state index in [0.29, 0.717) is 4.90 Å². The zero-order valence-corrected chi connectivity index (χ0v) is 26.8. The number of rotatable bonds is 13. The van der Waals surface area contributed by atoms with Crippen LogP contribution in [0.25, 0.3) is 11.5 Å². The highest BCUT2D eigenvalue weighted by molar-refractivity contribution is 7.88. The number of carbonyl (C=O) groups is 4. The number of nitrogens with one attached hydrogen (secondary N) is 3. The number of carbonyl (C=O) groups excluding carboxylic acids is 3. The molecule has 1 fully saturated rings. The minimum atomic E-state index is -5.10. The predicted molar refractivity (Wildman–Crippen MR) is 163 cm³/mol. The van der Waals surface area contributed by atoms with Gasteiger partial charge in [0.1, 0.15) is 11.7 Å². The van der Waals surface area contributed by atoms with E-state index in [0.717, 1.165) is 42.0 Å². The Bertz CT molecular complexity index is 2030. The van der Waals surface area contributed by atoms with Crippen LogP contribution < -0.4 is 26.9 Å². The molecule has 0 aromatic carbocycles. The van der Waals surface area contributed by atoms with E-state index < -0.39 is 74.8 Å². The Morgan fingerprint density at radius 1 is 1.27 bits per heavy atom. The number of hydrogen-bond donors (Lipinski definition) is 6. The third kappa shape index (κ3) is 7.34. The third-order valence-corrected chi connectivity index (χ3v) is 8.22. The van der Waals surface area contributed by atoms with Crippen molar-refractivity contribution in [3.63, 3.8) is 0 Å². The Balaban J connectivity index is 1.50. The summed E-state index contributed by atoms with van der Waals surface area (Å²) in [5.41, 5.74) is 0.837. The molecule has 1 aliphatic heterocycles. The van der Waals surface area contributed by atoms with Crippen LogP contribution in [0.5, 0.6) is 5.75 Å². The molecule has 7 N–H and O–H groups in total. The topological polar surface area (TPSA) is 313 Å². The number of likely N-dealkylation sites (tertiary alicyclic amines) is 1. The molecule has 0 radical (unpaired) electrons. The summed E-state index contributed by atoms with van der Waals surface area (Å²) in [7, 11) is -5.10. The van der Waals surface area contributed by atoms with Crippen molar-refractivity contribution in [1.82, 2.24) is 38.7 Å². The fourth-order valence-electron chi connectivity index (χ4n) is 3.78. The summed E-state index contributed by atoms with van der Waals surface area (Å²) in [4.78, 5) is 86.8. The van der Waals surface area contributed by atoms with Crippen molar-refractivity contribution in [3.8, 4) is 17.3 Å². The third-order valence-electron chi connectivity index (χ3n) is 6.42. The number of aromatic hydroxyl groups is 1. The van der Waals surface area contributed by atoms with Gasteiger partial charge in [0.25, 0.3) is 11.8 Å². The summed E-state index contributed by atoms with van der Waals surface area (Å²) in [6.07, 6.45) is 0.903. The minimum Gasteiger partial charge on any atom is -0.503 e. The lowest BCUT2D eigenvalue weighted by Crippen LogP contribution is -2.68. The number of carboxylic acids is 1. The van der Waals surface area contributed by atoms with Crippen molar-refractivity contribution < 1.29 is 47.4 Å². The number of nitrogens with zero attached hydrogens (tertiary/aromatic N) is 6. The summed E-state index contributed by atoms with van der Waals surface area (Å²) in [6, 6.07) is -1.98. The molecule has 0 saturated carbocycles. The van der Waals surface area contributed by atoms with Gasteiger partial charge in [0, 0.05) is 24.3 Å². The molecule has 0 spiro atoms. The van der Waals surface area contributed by atoms with E-state index in [1.54, 1.807) is 11.6 Å². The monoisotopic (exact) mass is 712 g/mol. The molecule has 0 bridgehead atoms. The number of nitrogen functional groups attached to an aromatic ring is 1. The van der Waals surface area contributed by atoms with Crippen LogP contribution in [0.2, 0.25) is 0 Å². The normalized spacial score (nSPS) is 15.1. The van der Waals surface area contributed by atoms with E-state index >= 15 is 0 Å². The zero-order chi connectivity index (χ0) is 35.6. The van der Waals surface area contributed by atoms with E-state index in [4.69, 9.17) is 15.3 Å². The Hall–Kier alpha value is -5.62. The van der Waals surface area contributed by atoms with Gasteiger partial charge < -0.3 is 35.8 Å². The van der Waals surface area contributed by atoms with Gasteiger partial charge in [-0.2, -0.15) is 8.42 Å². The van der Waals surface area contributed by atoms with E-state index in [1.807, 2.05) is 0 Å². The number of carboxylic acid groups (broad SMARTS) is 1. The lowest BCUT2D eigenvalue weighted by Gasteiger charge is -2.36. The van der Waals surface area contributed by atoms with Crippen molar-refractivity contribution in [2.24, 2.45) is 5.16 Å². The number of pyridine rings is 1. The van der Waals surface area contributed by atoms with Gasteiger partial charge >= 0.3 is 27.9 Å². The van der Waals surface area contributed by atoms with Gasteiger partial charge in [-0.3, -0.25) is 23.9 Å². The Morgan fingerprint density at radius 2 is 1.98 bits per heavy atom. The number of ether oxygens (including phenoxy) is 1.